The van der Waals surface area contributed by atoms with Crippen LogP contribution in [0.3, 0.4) is 0 Å². The Balaban J connectivity index is 1.88. The zero-order valence-corrected chi connectivity index (χ0v) is 11.2. The molecule has 1 aromatic carbocycles. The second-order valence-electron chi connectivity index (χ2n) is 4.14. The molecule has 0 unspecified atom stereocenters. The lowest BCUT2D eigenvalue weighted by molar-refractivity contribution is 0.107. The highest BCUT2D eigenvalue weighted by molar-refractivity contribution is 5.36. The molecule has 0 saturated heterocycles. The van der Waals surface area contributed by atoms with Crippen molar-refractivity contribution in [2.45, 2.75) is 13.2 Å². The van der Waals surface area contributed by atoms with E-state index in [9.17, 15) is 0 Å². The Kier molecular flexibility index (Phi) is 4.75. The zero-order valence-electron chi connectivity index (χ0n) is 11.2. The number of hydrogen-bond acceptors (Lipinski definition) is 4. The molecule has 2 rings (SSSR count). The minimum absolute atomic E-state index is 0.564. The van der Waals surface area contributed by atoms with E-state index in [2.05, 4.69) is 10.3 Å². The molecule has 0 aliphatic carbocycles. The molecule has 2 aromatic rings. The molecule has 0 aliphatic rings. The molecule has 19 heavy (non-hydrogen) atoms. The van der Waals surface area contributed by atoms with Crippen molar-refractivity contribution in [1.82, 2.24) is 4.98 Å². The molecule has 0 bridgehead atoms. The highest BCUT2D eigenvalue weighted by atomic mass is 16.5. The predicted octanol–water partition coefficient (Wildman–Crippen LogP) is 2.85. The highest BCUT2D eigenvalue weighted by Crippen LogP contribution is 2.14. The fourth-order valence-corrected chi connectivity index (χ4v) is 1.75. The van der Waals surface area contributed by atoms with Crippen LogP contribution in [0.5, 0.6) is 5.75 Å². The molecule has 0 aliphatic heterocycles. The van der Waals surface area contributed by atoms with Crippen molar-refractivity contribution in [3.63, 3.8) is 0 Å². The van der Waals surface area contributed by atoms with Crippen LogP contribution in [-0.2, 0) is 18.0 Å². The molecule has 0 saturated carbocycles. The van der Waals surface area contributed by atoms with E-state index in [4.69, 9.17) is 9.47 Å². The Bertz CT molecular complexity index is 482. The van der Waals surface area contributed by atoms with E-state index < -0.39 is 0 Å². The maximum Gasteiger partial charge on any atom is 0.125 e. The SMILES string of the molecule is CNc1cc(COCc2cccc(OC)c2)ccn1. The van der Waals surface area contributed by atoms with Crippen LogP contribution in [0, 0.1) is 0 Å². The van der Waals surface area contributed by atoms with Crippen LogP contribution in [0.1, 0.15) is 11.1 Å². The van der Waals surface area contributed by atoms with E-state index in [0.717, 1.165) is 22.7 Å². The van der Waals surface area contributed by atoms with Crippen LogP contribution in [-0.4, -0.2) is 19.1 Å². The van der Waals surface area contributed by atoms with Gasteiger partial charge in [-0.2, -0.15) is 0 Å². The fourth-order valence-electron chi connectivity index (χ4n) is 1.75. The van der Waals surface area contributed by atoms with Crippen LogP contribution in [0.15, 0.2) is 42.6 Å². The molecule has 1 aromatic heterocycles. The van der Waals surface area contributed by atoms with E-state index in [1.165, 1.54) is 0 Å². The lowest BCUT2D eigenvalue weighted by atomic mass is 10.2. The molecule has 0 atom stereocenters. The molecule has 1 N–H and O–H groups in total. The van der Waals surface area contributed by atoms with Gasteiger partial charge in [0.1, 0.15) is 11.6 Å². The topological polar surface area (TPSA) is 43.4 Å². The summed E-state index contributed by atoms with van der Waals surface area (Å²) >= 11 is 0. The smallest absolute Gasteiger partial charge is 0.125 e. The van der Waals surface area contributed by atoms with Crippen molar-refractivity contribution in [2.24, 2.45) is 0 Å². The number of pyridine rings is 1. The molecular weight excluding hydrogens is 240 g/mol. The quantitative estimate of drug-likeness (QED) is 0.865. The highest BCUT2D eigenvalue weighted by Gasteiger charge is 1.99. The normalized spacial score (nSPS) is 10.2. The number of nitrogens with one attached hydrogen (secondary N) is 1. The second-order valence-corrected chi connectivity index (χ2v) is 4.14. The van der Waals surface area contributed by atoms with Gasteiger partial charge >= 0.3 is 0 Å². The summed E-state index contributed by atoms with van der Waals surface area (Å²) in [6.07, 6.45) is 1.77. The van der Waals surface area contributed by atoms with E-state index in [0.29, 0.717) is 13.2 Å². The number of aromatic nitrogens is 1. The van der Waals surface area contributed by atoms with Crippen LogP contribution in [0.4, 0.5) is 5.82 Å². The first-order valence-electron chi connectivity index (χ1n) is 6.15. The first-order valence-corrected chi connectivity index (χ1v) is 6.15. The van der Waals surface area contributed by atoms with Crippen LogP contribution in [0.25, 0.3) is 0 Å². The molecule has 0 spiro atoms. The van der Waals surface area contributed by atoms with E-state index in [1.807, 2.05) is 43.4 Å². The summed E-state index contributed by atoms with van der Waals surface area (Å²) in [5.41, 5.74) is 2.20. The number of nitrogens with zero attached hydrogens (tertiary/aromatic N) is 1. The molecule has 100 valence electrons. The summed E-state index contributed by atoms with van der Waals surface area (Å²) < 4.78 is 10.9. The molecule has 4 nitrogen and oxygen atoms in total. The summed E-state index contributed by atoms with van der Waals surface area (Å²) in [6, 6.07) is 11.8. The molecule has 0 fully saturated rings. The Morgan fingerprint density at radius 3 is 2.63 bits per heavy atom. The van der Waals surface area contributed by atoms with Gasteiger partial charge in [0, 0.05) is 13.2 Å². The van der Waals surface area contributed by atoms with Gasteiger partial charge in [-0.3, -0.25) is 0 Å². The average molecular weight is 258 g/mol. The molecule has 4 heteroatoms. The fraction of sp³-hybridized carbons (Fsp3) is 0.267. The van der Waals surface area contributed by atoms with Crippen molar-refractivity contribution in [3.8, 4) is 5.75 Å². The largest absolute Gasteiger partial charge is 0.497 e. The third kappa shape index (κ3) is 3.96. The second kappa shape index (κ2) is 6.75. The maximum absolute atomic E-state index is 5.69. The van der Waals surface area contributed by atoms with Gasteiger partial charge in [0.2, 0.25) is 0 Å². The minimum Gasteiger partial charge on any atom is -0.497 e. The number of ether oxygens (including phenoxy) is 2. The van der Waals surface area contributed by atoms with Crippen molar-refractivity contribution >= 4 is 5.82 Å². The Morgan fingerprint density at radius 1 is 1.11 bits per heavy atom. The summed E-state index contributed by atoms with van der Waals surface area (Å²) in [5.74, 6) is 1.70. The number of rotatable bonds is 6. The zero-order chi connectivity index (χ0) is 13.5. The van der Waals surface area contributed by atoms with Crippen LogP contribution < -0.4 is 10.1 Å². The van der Waals surface area contributed by atoms with Gasteiger partial charge in [-0.1, -0.05) is 12.1 Å². The summed E-state index contributed by atoms with van der Waals surface area (Å²) in [4.78, 5) is 4.16. The maximum atomic E-state index is 5.69. The van der Waals surface area contributed by atoms with E-state index in [1.54, 1.807) is 13.3 Å². The van der Waals surface area contributed by atoms with Gasteiger partial charge in [-0.25, -0.2) is 4.98 Å². The minimum atomic E-state index is 0.564. The van der Waals surface area contributed by atoms with Gasteiger partial charge in [-0.15, -0.1) is 0 Å². The lowest BCUT2D eigenvalue weighted by Gasteiger charge is -2.07. The lowest BCUT2D eigenvalue weighted by Crippen LogP contribution is -1.97. The number of methoxy groups -OCH3 is 1. The number of hydrogen-bond donors (Lipinski definition) is 1. The van der Waals surface area contributed by atoms with E-state index in [-0.39, 0.29) is 0 Å². The van der Waals surface area contributed by atoms with E-state index >= 15 is 0 Å². The van der Waals surface area contributed by atoms with Gasteiger partial charge in [0.05, 0.1) is 20.3 Å². The monoisotopic (exact) mass is 258 g/mol. The molecule has 0 radical (unpaired) electrons. The summed E-state index contributed by atoms with van der Waals surface area (Å²) in [5, 5.41) is 3.01. The summed E-state index contributed by atoms with van der Waals surface area (Å²) in [7, 11) is 3.51. The average Bonchev–Trinajstić information content (AvgIpc) is 2.48. The number of benzene rings is 1. The first-order chi connectivity index (χ1) is 9.31. The van der Waals surface area contributed by atoms with Gasteiger partial charge < -0.3 is 14.8 Å². The molecule has 1 heterocycles. The molecule has 0 amide bonds. The van der Waals surface area contributed by atoms with Gasteiger partial charge in [-0.05, 0) is 35.4 Å². The van der Waals surface area contributed by atoms with Gasteiger partial charge in [0.15, 0.2) is 0 Å². The van der Waals surface area contributed by atoms with Crippen molar-refractivity contribution in [3.05, 3.63) is 53.7 Å². The number of anilines is 1. The molecular formula is C15H18N2O2. The standard InChI is InChI=1S/C15H18N2O2/c1-16-15-9-13(6-7-17-15)11-19-10-12-4-3-5-14(8-12)18-2/h3-9H,10-11H2,1-2H3,(H,16,17). The van der Waals surface area contributed by atoms with Crippen molar-refractivity contribution in [1.29, 1.82) is 0 Å². The van der Waals surface area contributed by atoms with Crippen LogP contribution in [0.2, 0.25) is 0 Å². The Morgan fingerprint density at radius 2 is 1.89 bits per heavy atom. The Hall–Kier alpha value is -2.07. The van der Waals surface area contributed by atoms with Crippen molar-refractivity contribution < 1.29 is 9.47 Å². The van der Waals surface area contributed by atoms with Gasteiger partial charge in [0.25, 0.3) is 0 Å². The van der Waals surface area contributed by atoms with Crippen LogP contribution >= 0.6 is 0 Å². The third-order valence-electron chi connectivity index (χ3n) is 2.75. The Labute approximate surface area is 113 Å². The summed E-state index contributed by atoms with van der Waals surface area (Å²) in [6.45, 7) is 1.13. The predicted molar refractivity (Wildman–Crippen MR) is 75.3 cm³/mol. The van der Waals surface area contributed by atoms with Crippen molar-refractivity contribution in [2.75, 3.05) is 19.5 Å². The first kappa shape index (κ1) is 13.4. The third-order valence-corrected chi connectivity index (χ3v) is 2.75.